The highest BCUT2D eigenvalue weighted by Crippen LogP contribution is 2.29. The molecule has 0 saturated heterocycles. The van der Waals surface area contributed by atoms with Gasteiger partial charge in [0.05, 0.1) is 5.69 Å². The Hall–Kier alpha value is -3.06. The van der Waals surface area contributed by atoms with Crippen LogP contribution < -0.4 is 16.0 Å². The summed E-state index contributed by atoms with van der Waals surface area (Å²) in [6.45, 7) is 3.58. The second kappa shape index (κ2) is 8.31. The average molecular weight is 396 g/mol. The van der Waals surface area contributed by atoms with Crippen LogP contribution in [0.4, 0.5) is 0 Å². The number of H-pyrrole nitrogens is 1. The molecule has 0 bridgehead atoms. The van der Waals surface area contributed by atoms with Crippen molar-refractivity contribution in [3.05, 3.63) is 74.9 Å². The van der Waals surface area contributed by atoms with Gasteiger partial charge in [0.15, 0.2) is 0 Å². The van der Waals surface area contributed by atoms with Crippen LogP contribution in [0.25, 0.3) is 16.9 Å². The molecule has 0 aliphatic heterocycles. The highest BCUT2D eigenvalue weighted by molar-refractivity contribution is 7.98. The Morgan fingerprint density at radius 2 is 1.71 bits per heavy atom. The van der Waals surface area contributed by atoms with Crippen LogP contribution in [0.5, 0.6) is 5.75 Å². The van der Waals surface area contributed by atoms with Gasteiger partial charge in [0.1, 0.15) is 5.69 Å². The number of carbonyl (C=O) groups excluding carboxylic acids is 1. The standard InChI is InChI=1S/C21H20N2O4S/c1-4-17(24)27-19-18(14-7-5-13(2)6-8-14)23(21(26)22-20(19)25)15-9-11-16(28-3)12-10-15/h5-12H,4H2,1-3H3,(H,22,25,26). The molecule has 0 aliphatic rings. The molecule has 3 aromatic rings. The van der Waals surface area contributed by atoms with E-state index >= 15 is 0 Å². The SMILES string of the molecule is CCC(=O)Oc1c(-c2ccc(C)cc2)n(-c2ccc(SC)cc2)c(=O)[nH]c1=O. The summed E-state index contributed by atoms with van der Waals surface area (Å²) in [6.07, 6.45) is 2.07. The molecule has 144 valence electrons. The number of benzene rings is 2. The minimum absolute atomic E-state index is 0.105. The number of thioether (sulfide) groups is 1. The van der Waals surface area contributed by atoms with E-state index in [1.165, 1.54) is 4.57 Å². The summed E-state index contributed by atoms with van der Waals surface area (Å²) in [5.74, 6) is -0.744. The van der Waals surface area contributed by atoms with E-state index in [2.05, 4.69) is 4.98 Å². The maximum absolute atomic E-state index is 12.7. The highest BCUT2D eigenvalue weighted by Gasteiger charge is 2.21. The Kier molecular flexibility index (Phi) is 5.84. The minimum Gasteiger partial charge on any atom is -0.418 e. The highest BCUT2D eigenvalue weighted by atomic mass is 32.2. The van der Waals surface area contributed by atoms with E-state index in [-0.39, 0.29) is 17.9 Å². The van der Waals surface area contributed by atoms with Crippen molar-refractivity contribution in [1.29, 1.82) is 0 Å². The second-order valence-electron chi connectivity index (χ2n) is 6.16. The quantitative estimate of drug-likeness (QED) is 0.527. The summed E-state index contributed by atoms with van der Waals surface area (Å²) in [4.78, 5) is 40.4. The van der Waals surface area contributed by atoms with Crippen LogP contribution in [0.2, 0.25) is 0 Å². The van der Waals surface area contributed by atoms with Gasteiger partial charge >= 0.3 is 11.7 Å². The average Bonchev–Trinajstić information content (AvgIpc) is 2.70. The van der Waals surface area contributed by atoms with Gasteiger partial charge in [0, 0.05) is 16.9 Å². The van der Waals surface area contributed by atoms with Gasteiger partial charge in [-0.3, -0.25) is 19.1 Å². The van der Waals surface area contributed by atoms with Crippen molar-refractivity contribution >= 4 is 17.7 Å². The fourth-order valence-electron chi connectivity index (χ4n) is 2.75. The van der Waals surface area contributed by atoms with Gasteiger partial charge in [-0.15, -0.1) is 11.8 Å². The molecule has 3 rings (SSSR count). The number of hydrogen-bond donors (Lipinski definition) is 1. The molecule has 0 spiro atoms. The molecule has 1 heterocycles. The van der Waals surface area contributed by atoms with Gasteiger partial charge < -0.3 is 4.74 Å². The Bertz CT molecular complexity index is 1110. The Labute approximate surface area is 166 Å². The van der Waals surface area contributed by atoms with Gasteiger partial charge in [-0.05, 0) is 37.4 Å². The van der Waals surface area contributed by atoms with E-state index in [0.717, 1.165) is 10.5 Å². The number of ether oxygens (including phenoxy) is 1. The zero-order valence-corrected chi connectivity index (χ0v) is 16.6. The number of carbonyl (C=O) groups is 1. The lowest BCUT2D eigenvalue weighted by molar-refractivity contribution is -0.134. The first-order valence-corrected chi connectivity index (χ1v) is 9.98. The van der Waals surface area contributed by atoms with Crippen LogP contribution in [-0.2, 0) is 4.79 Å². The third kappa shape index (κ3) is 3.94. The van der Waals surface area contributed by atoms with Crippen molar-refractivity contribution in [2.24, 2.45) is 0 Å². The van der Waals surface area contributed by atoms with Gasteiger partial charge in [-0.1, -0.05) is 36.8 Å². The molecule has 1 aromatic heterocycles. The first-order valence-electron chi connectivity index (χ1n) is 8.76. The molecule has 0 radical (unpaired) electrons. The van der Waals surface area contributed by atoms with Crippen LogP contribution >= 0.6 is 11.8 Å². The van der Waals surface area contributed by atoms with Crippen LogP contribution in [0.1, 0.15) is 18.9 Å². The van der Waals surface area contributed by atoms with E-state index in [1.807, 2.05) is 37.4 Å². The number of esters is 1. The maximum Gasteiger partial charge on any atom is 0.333 e. The maximum atomic E-state index is 12.7. The monoisotopic (exact) mass is 396 g/mol. The van der Waals surface area contributed by atoms with E-state index in [1.54, 1.807) is 43.0 Å². The summed E-state index contributed by atoms with van der Waals surface area (Å²) in [6, 6.07) is 14.7. The Morgan fingerprint density at radius 1 is 1.07 bits per heavy atom. The Morgan fingerprint density at radius 3 is 2.29 bits per heavy atom. The zero-order chi connectivity index (χ0) is 20.3. The smallest absolute Gasteiger partial charge is 0.333 e. The molecule has 0 aliphatic carbocycles. The number of hydrogen-bond acceptors (Lipinski definition) is 5. The van der Waals surface area contributed by atoms with Crippen molar-refractivity contribution in [2.45, 2.75) is 25.2 Å². The number of nitrogens with one attached hydrogen (secondary N) is 1. The number of rotatable bonds is 5. The van der Waals surface area contributed by atoms with E-state index in [4.69, 9.17) is 4.74 Å². The molecular weight excluding hydrogens is 376 g/mol. The van der Waals surface area contributed by atoms with Crippen molar-refractivity contribution in [2.75, 3.05) is 6.26 Å². The number of aromatic amines is 1. The summed E-state index contributed by atoms with van der Waals surface area (Å²) in [5.41, 5.74) is 1.09. The first-order chi connectivity index (χ1) is 13.4. The lowest BCUT2D eigenvalue weighted by Crippen LogP contribution is -2.32. The van der Waals surface area contributed by atoms with Crippen molar-refractivity contribution < 1.29 is 9.53 Å². The third-order valence-electron chi connectivity index (χ3n) is 4.23. The lowest BCUT2D eigenvalue weighted by Gasteiger charge is -2.16. The first kappa shape index (κ1) is 19.7. The molecule has 7 heteroatoms. The topological polar surface area (TPSA) is 81.2 Å². The van der Waals surface area contributed by atoms with Gasteiger partial charge in [0.25, 0.3) is 5.56 Å². The van der Waals surface area contributed by atoms with Gasteiger partial charge in [-0.25, -0.2) is 4.79 Å². The molecular formula is C21H20N2O4S. The third-order valence-corrected chi connectivity index (χ3v) is 4.97. The van der Waals surface area contributed by atoms with E-state index in [9.17, 15) is 14.4 Å². The summed E-state index contributed by atoms with van der Waals surface area (Å²) >= 11 is 1.58. The fraction of sp³-hybridized carbons (Fsp3) is 0.190. The predicted octanol–water partition coefficient (Wildman–Crippen LogP) is 3.54. The number of aromatic nitrogens is 2. The molecule has 0 amide bonds. The molecule has 1 N–H and O–H groups in total. The zero-order valence-electron chi connectivity index (χ0n) is 15.8. The molecule has 2 aromatic carbocycles. The van der Waals surface area contributed by atoms with Crippen LogP contribution in [0.3, 0.4) is 0 Å². The van der Waals surface area contributed by atoms with Crippen LogP contribution in [-0.4, -0.2) is 21.8 Å². The van der Waals surface area contributed by atoms with Crippen LogP contribution in [0, 0.1) is 6.92 Å². The predicted molar refractivity (Wildman–Crippen MR) is 111 cm³/mol. The Balaban J connectivity index is 2.34. The lowest BCUT2D eigenvalue weighted by atomic mass is 10.1. The summed E-state index contributed by atoms with van der Waals surface area (Å²) in [7, 11) is 0. The van der Waals surface area contributed by atoms with Crippen LogP contribution in [0.15, 0.2) is 63.0 Å². The summed E-state index contributed by atoms with van der Waals surface area (Å²) < 4.78 is 6.68. The van der Waals surface area contributed by atoms with E-state index < -0.39 is 17.2 Å². The fourth-order valence-corrected chi connectivity index (χ4v) is 3.16. The molecule has 0 atom stereocenters. The van der Waals surface area contributed by atoms with Crippen molar-refractivity contribution in [3.8, 4) is 22.7 Å². The van der Waals surface area contributed by atoms with Gasteiger partial charge in [-0.2, -0.15) is 0 Å². The second-order valence-corrected chi connectivity index (χ2v) is 7.04. The summed E-state index contributed by atoms with van der Waals surface area (Å²) in [5, 5.41) is 0. The van der Waals surface area contributed by atoms with E-state index in [0.29, 0.717) is 11.3 Å². The minimum atomic E-state index is -0.737. The molecule has 0 saturated carbocycles. The molecule has 0 unspecified atom stereocenters. The largest absolute Gasteiger partial charge is 0.418 e. The number of nitrogens with zero attached hydrogens (tertiary/aromatic N) is 1. The molecule has 6 nitrogen and oxygen atoms in total. The molecule has 0 fully saturated rings. The number of aryl methyl sites for hydroxylation is 1. The molecule has 28 heavy (non-hydrogen) atoms. The van der Waals surface area contributed by atoms with Gasteiger partial charge in [0.2, 0.25) is 5.75 Å². The normalized spacial score (nSPS) is 10.7. The van der Waals surface area contributed by atoms with Crippen molar-refractivity contribution in [1.82, 2.24) is 9.55 Å². The van der Waals surface area contributed by atoms with Crippen molar-refractivity contribution in [3.63, 3.8) is 0 Å².